The summed E-state index contributed by atoms with van der Waals surface area (Å²) in [6, 6.07) is 0. The summed E-state index contributed by atoms with van der Waals surface area (Å²) in [5.74, 6) is 0. The molecule has 0 fully saturated rings. The van der Waals surface area contributed by atoms with Gasteiger partial charge in [-0.1, -0.05) is 0 Å². The van der Waals surface area contributed by atoms with E-state index in [-0.39, 0.29) is 17.1 Å². The van der Waals surface area contributed by atoms with Crippen molar-refractivity contribution in [2.75, 3.05) is 0 Å². The van der Waals surface area contributed by atoms with Crippen molar-refractivity contribution in [2.24, 2.45) is 0 Å². The predicted molar refractivity (Wildman–Crippen MR) is 44.6 cm³/mol. The zero-order valence-electron chi connectivity index (χ0n) is 6.12. The topological polar surface area (TPSA) is 171 Å². The maximum atomic E-state index is 10.4. The monoisotopic (exact) mass is 340 g/mol. The molecule has 0 bridgehead atoms. The van der Waals surface area contributed by atoms with E-state index in [4.69, 9.17) is 24.5 Å². The van der Waals surface area contributed by atoms with Crippen LogP contribution >= 0.6 is 23.5 Å². The standard InChI is InChI=1S/H5O10P3.H2Se/c1-11(2,3)9-13(7,8)10-12(4,5)6;/h(H,7,8)(H2,1,2,3)(H2,4,5,6);1H2. The van der Waals surface area contributed by atoms with Crippen molar-refractivity contribution in [1.29, 1.82) is 0 Å². The summed E-state index contributed by atoms with van der Waals surface area (Å²) in [5.41, 5.74) is 0. The molecule has 0 aromatic heterocycles. The number of hydrogen-bond donors (Lipinski definition) is 5. The van der Waals surface area contributed by atoms with E-state index in [1.165, 1.54) is 0 Å². The summed E-state index contributed by atoms with van der Waals surface area (Å²) in [7, 11) is -16.2. The first kappa shape index (κ1) is 17.3. The summed E-state index contributed by atoms with van der Waals surface area (Å²) in [5, 5.41) is 0. The Kier molecular flexibility index (Phi) is 6.58. The zero-order chi connectivity index (χ0) is 10.9. The minimum atomic E-state index is -5.46. The normalized spacial score (nSPS) is 13.5. The Bertz CT molecular complexity index is 277. The molecular weight excluding hydrogens is 332 g/mol. The van der Waals surface area contributed by atoms with Gasteiger partial charge in [0, 0.05) is 0 Å². The average Bonchev–Trinajstić information content (AvgIpc) is 1.43. The van der Waals surface area contributed by atoms with Crippen molar-refractivity contribution in [3.05, 3.63) is 0 Å². The van der Waals surface area contributed by atoms with E-state index >= 15 is 0 Å². The predicted octanol–water partition coefficient (Wildman–Crippen LogP) is -1.61. The van der Waals surface area contributed by atoms with Crippen molar-refractivity contribution in [1.82, 2.24) is 0 Å². The molecule has 14 heavy (non-hydrogen) atoms. The third-order valence-electron chi connectivity index (χ3n) is 0.419. The van der Waals surface area contributed by atoms with E-state index in [0.717, 1.165) is 0 Å². The van der Waals surface area contributed by atoms with Gasteiger partial charge in [0.2, 0.25) is 0 Å². The molecule has 0 aliphatic carbocycles. The van der Waals surface area contributed by atoms with Crippen LogP contribution in [0.15, 0.2) is 0 Å². The molecule has 10 nitrogen and oxygen atoms in total. The SMILES string of the molecule is O=P(O)(O)OP(=O)(O)OP(=O)(O)O.[SeH2]. The first-order chi connectivity index (χ1) is 5.41. The van der Waals surface area contributed by atoms with Crippen molar-refractivity contribution in [3.8, 4) is 0 Å². The molecule has 0 saturated heterocycles. The second kappa shape index (κ2) is 5.32. The summed E-state index contributed by atoms with van der Waals surface area (Å²) in [4.78, 5) is 40.2. The van der Waals surface area contributed by atoms with E-state index in [2.05, 4.69) is 8.62 Å². The van der Waals surface area contributed by atoms with Gasteiger partial charge >= 0.3 is 40.5 Å². The molecular formula is H7O10P3Se. The van der Waals surface area contributed by atoms with E-state index in [1.807, 2.05) is 0 Å². The zero-order valence-corrected chi connectivity index (χ0v) is 10.9. The quantitative estimate of drug-likeness (QED) is 0.296. The first-order valence-corrected chi connectivity index (χ1v) is 6.83. The molecule has 0 aliphatic rings. The second-order valence-corrected chi connectivity index (χ2v) is 5.82. The summed E-state index contributed by atoms with van der Waals surface area (Å²) in [6.45, 7) is 0. The maximum absolute atomic E-state index is 10.4. The molecule has 88 valence electrons. The fourth-order valence-corrected chi connectivity index (χ4v) is 2.82. The fourth-order valence-electron chi connectivity index (χ4n) is 0.284. The van der Waals surface area contributed by atoms with Crippen LogP contribution in [0.2, 0.25) is 0 Å². The fraction of sp³-hybridized carbons (Fsp3) is 0. The average molecular weight is 339 g/mol. The van der Waals surface area contributed by atoms with Gasteiger partial charge in [-0.15, -0.1) is 0 Å². The van der Waals surface area contributed by atoms with Gasteiger partial charge in [0.15, 0.2) is 0 Å². The molecule has 14 heteroatoms. The molecule has 0 unspecified atom stereocenters. The molecule has 0 spiro atoms. The Labute approximate surface area is 87.8 Å². The van der Waals surface area contributed by atoms with E-state index in [0.29, 0.717) is 0 Å². The van der Waals surface area contributed by atoms with Crippen LogP contribution in [-0.2, 0) is 22.3 Å². The molecule has 0 aromatic rings. The van der Waals surface area contributed by atoms with Gasteiger partial charge < -0.3 is 24.5 Å². The van der Waals surface area contributed by atoms with Crippen molar-refractivity contribution < 1.29 is 46.8 Å². The molecule has 0 heterocycles. The summed E-state index contributed by atoms with van der Waals surface area (Å²) < 4.78 is 36.4. The molecule has 0 aromatic carbocycles. The Balaban J connectivity index is 0. The minimum absolute atomic E-state index is 0. The first-order valence-electron chi connectivity index (χ1n) is 2.28. The Hall–Kier alpha value is 0.929. The van der Waals surface area contributed by atoms with Crippen LogP contribution in [0.4, 0.5) is 0 Å². The van der Waals surface area contributed by atoms with Crippen LogP contribution in [0.3, 0.4) is 0 Å². The van der Waals surface area contributed by atoms with Crippen LogP contribution in [-0.4, -0.2) is 41.5 Å². The van der Waals surface area contributed by atoms with Gasteiger partial charge in [0.05, 0.1) is 0 Å². The number of hydrogen-bond acceptors (Lipinski definition) is 5. The van der Waals surface area contributed by atoms with E-state index < -0.39 is 23.5 Å². The van der Waals surface area contributed by atoms with Gasteiger partial charge in [0.25, 0.3) is 0 Å². The Morgan fingerprint density at radius 1 is 0.714 bits per heavy atom. The second-order valence-electron chi connectivity index (χ2n) is 1.61. The summed E-state index contributed by atoms with van der Waals surface area (Å²) >= 11 is 0. The van der Waals surface area contributed by atoms with Crippen molar-refractivity contribution >= 4 is 40.5 Å². The van der Waals surface area contributed by atoms with Gasteiger partial charge in [-0.3, -0.25) is 0 Å². The molecule has 0 saturated carbocycles. The van der Waals surface area contributed by atoms with Gasteiger partial charge in [-0.05, 0) is 0 Å². The van der Waals surface area contributed by atoms with Crippen molar-refractivity contribution in [2.45, 2.75) is 0 Å². The van der Waals surface area contributed by atoms with E-state index in [9.17, 15) is 13.7 Å². The molecule has 0 atom stereocenters. The van der Waals surface area contributed by atoms with Crippen LogP contribution < -0.4 is 0 Å². The third-order valence-corrected chi connectivity index (χ3v) is 3.77. The Morgan fingerprint density at radius 3 is 1.07 bits per heavy atom. The molecule has 0 radical (unpaired) electrons. The molecule has 0 rings (SSSR count). The molecule has 0 amide bonds. The molecule has 0 aliphatic heterocycles. The van der Waals surface area contributed by atoms with Crippen LogP contribution in [0.1, 0.15) is 0 Å². The third kappa shape index (κ3) is 11.0. The van der Waals surface area contributed by atoms with Crippen LogP contribution in [0.5, 0.6) is 0 Å². The molecule has 5 N–H and O–H groups in total. The number of phosphoric acid groups is 3. The summed E-state index contributed by atoms with van der Waals surface area (Å²) in [6.07, 6.45) is 0. The van der Waals surface area contributed by atoms with Gasteiger partial charge in [0.1, 0.15) is 0 Å². The Morgan fingerprint density at radius 2 is 0.929 bits per heavy atom. The van der Waals surface area contributed by atoms with Gasteiger partial charge in [-0.25, -0.2) is 13.7 Å². The van der Waals surface area contributed by atoms with Gasteiger partial charge in [-0.2, -0.15) is 8.62 Å². The van der Waals surface area contributed by atoms with E-state index in [1.54, 1.807) is 0 Å². The van der Waals surface area contributed by atoms with Crippen molar-refractivity contribution in [3.63, 3.8) is 0 Å². The van der Waals surface area contributed by atoms with Crippen LogP contribution in [0.25, 0.3) is 0 Å². The van der Waals surface area contributed by atoms with Crippen LogP contribution in [0, 0.1) is 0 Å². The number of rotatable bonds is 4.